The zero-order valence-electron chi connectivity index (χ0n) is 11.6. The minimum absolute atomic E-state index is 0.213. The van der Waals surface area contributed by atoms with Gasteiger partial charge < -0.3 is 15.0 Å². The SMILES string of the molecule is CC1CNC(C2CC2)CN1c1ccc(OC(F)F)cc1. The summed E-state index contributed by atoms with van der Waals surface area (Å²) >= 11 is 0. The zero-order valence-corrected chi connectivity index (χ0v) is 11.6. The lowest BCUT2D eigenvalue weighted by Crippen LogP contribution is -2.56. The highest BCUT2D eigenvalue weighted by molar-refractivity contribution is 5.50. The molecule has 1 saturated heterocycles. The van der Waals surface area contributed by atoms with E-state index in [-0.39, 0.29) is 5.75 Å². The third-order valence-electron chi connectivity index (χ3n) is 4.19. The summed E-state index contributed by atoms with van der Waals surface area (Å²) in [5.74, 6) is 1.02. The Morgan fingerprint density at radius 3 is 2.55 bits per heavy atom. The summed E-state index contributed by atoms with van der Waals surface area (Å²) in [5, 5.41) is 3.60. The van der Waals surface area contributed by atoms with Crippen LogP contribution >= 0.6 is 0 Å². The molecule has 1 saturated carbocycles. The number of nitrogens with one attached hydrogen (secondary N) is 1. The predicted octanol–water partition coefficient (Wildman–Crippen LogP) is 2.86. The number of halogens is 2. The Hall–Kier alpha value is -1.36. The summed E-state index contributed by atoms with van der Waals surface area (Å²) in [6.45, 7) is 1.37. The molecular formula is C15H20F2N2O. The van der Waals surface area contributed by atoms with Crippen LogP contribution in [-0.4, -0.2) is 31.8 Å². The van der Waals surface area contributed by atoms with E-state index in [0.29, 0.717) is 12.1 Å². The third kappa shape index (κ3) is 3.03. The van der Waals surface area contributed by atoms with Crippen molar-refractivity contribution in [1.29, 1.82) is 0 Å². The number of benzene rings is 1. The second-order valence-corrected chi connectivity index (χ2v) is 5.73. The summed E-state index contributed by atoms with van der Waals surface area (Å²) < 4.78 is 28.7. The first-order chi connectivity index (χ1) is 9.63. The average molecular weight is 282 g/mol. The smallest absolute Gasteiger partial charge is 0.387 e. The van der Waals surface area contributed by atoms with Crippen molar-refractivity contribution >= 4 is 5.69 Å². The van der Waals surface area contributed by atoms with E-state index in [1.807, 2.05) is 12.1 Å². The van der Waals surface area contributed by atoms with E-state index in [1.54, 1.807) is 12.1 Å². The van der Waals surface area contributed by atoms with E-state index in [9.17, 15) is 8.78 Å². The van der Waals surface area contributed by atoms with E-state index in [0.717, 1.165) is 24.7 Å². The zero-order chi connectivity index (χ0) is 14.1. The van der Waals surface area contributed by atoms with E-state index >= 15 is 0 Å². The summed E-state index contributed by atoms with van der Waals surface area (Å²) in [4.78, 5) is 2.35. The van der Waals surface area contributed by atoms with Crippen molar-refractivity contribution in [2.24, 2.45) is 5.92 Å². The molecule has 5 heteroatoms. The van der Waals surface area contributed by atoms with Gasteiger partial charge in [-0.15, -0.1) is 0 Å². The molecule has 2 atom stereocenters. The summed E-state index contributed by atoms with van der Waals surface area (Å²) in [7, 11) is 0. The molecule has 2 unspecified atom stereocenters. The lowest BCUT2D eigenvalue weighted by atomic mass is 10.1. The maximum absolute atomic E-state index is 12.1. The summed E-state index contributed by atoms with van der Waals surface area (Å²) in [5.41, 5.74) is 1.08. The molecule has 2 aliphatic rings. The fraction of sp³-hybridized carbons (Fsp3) is 0.600. The second-order valence-electron chi connectivity index (χ2n) is 5.73. The van der Waals surface area contributed by atoms with Gasteiger partial charge in [-0.3, -0.25) is 0 Å². The maximum atomic E-state index is 12.1. The monoisotopic (exact) mass is 282 g/mol. The van der Waals surface area contributed by atoms with Crippen molar-refractivity contribution in [2.45, 2.75) is 38.5 Å². The highest BCUT2D eigenvalue weighted by atomic mass is 19.3. The molecule has 1 aliphatic carbocycles. The molecule has 1 aromatic carbocycles. The number of nitrogens with zero attached hydrogens (tertiary/aromatic N) is 1. The van der Waals surface area contributed by atoms with Gasteiger partial charge in [0, 0.05) is 30.9 Å². The standard InChI is InChI=1S/C15H20F2N2O/c1-10-8-18-14(11-2-3-11)9-19(10)12-4-6-13(7-5-12)20-15(16)17/h4-7,10-11,14-15,18H,2-3,8-9H2,1H3. The Morgan fingerprint density at radius 2 is 1.95 bits per heavy atom. The molecule has 1 N–H and O–H groups in total. The topological polar surface area (TPSA) is 24.5 Å². The lowest BCUT2D eigenvalue weighted by Gasteiger charge is -2.40. The first kappa shape index (κ1) is 13.6. The Labute approximate surface area is 117 Å². The minimum Gasteiger partial charge on any atom is -0.435 e. The van der Waals surface area contributed by atoms with Gasteiger partial charge in [0.1, 0.15) is 5.75 Å². The van der Waals surface area contributed by atoms with Gasteiger partial charge in [0.05, 0.1) is 0 Å². The van der Waals surface area contributed by atoms with Crippen LogP contribution in [0.3, 0.4) is 0 Å². The molecule has 0 radical (unpaired) electrons. The fourth-order valence-corrected chi connectivity index (χ4v) is 2.88. The minimum atomic E-state index is -2.77. The second kappa shape index (κ2) is 5.56. The van der Waals surface area contributed by atoms with Gasteiger partial charge in [0.2, 0.25) is 0 Å². The van der Waals surface area contributed by atoms with Crippen LogP contribution in [0.2, 0.25) is 0 Å². The lowest BCUT2D eigenvalue weighted by molar-refractivity contribution is -0.0498. The van der Waals surface area contributed by atoms with Crippen molar-refractivity contribution in [3.63, 3.8) is 0 Å². The van der Waals surface area contributed by atoms with Gasteiger partial charge in [-0.05, 0) is 49.9 Å². The van der Waals surface area contributed by atoms with Crippen LogP contribution < -0.4 is 15.0 Å². The number of hydrogen-bond donors (Lipinski definition) is 1. The number of anilines is 1. The van der Waals surface area contributed by atoms with Crippen LogP contribution in [0.1, 0.15) is 19.8 Å². The van der Waals surface area contributed by atoms with Crippen molar-refractivity contribution in [3.05, 3.63) is 24.3 Å². The van der Waals surface area contributed by atoms with Crippen molar-refractivity contribution in [1.82, 2.24) is 5.32 Å². The van der Waals surface area contributed by atoms with Gasteiger partial charge in [-0.1, -0.05) is 0 Å². The number of hydrogen-bond acceptors (Lipinski definition) is 3. The average Bonchev–Trinajstić information content (AvgIpc) is 3.24. The van der Waals surface area contributed by atoms with Gasteiger partial charge in [0.25, 0.3) is 0 Å². The third-order valence-corrected chi connectivity index (χ3v) is 4.19. The van der Waals surface area contributed by atoms with Crippen LogP contribution in [0.25, 0.3) is 0 Å². The van der Waals surface area contributed by atoms with E-state index < -0.39 is 6.61 Å². The number of rotatable bonds is 4. The van der Waals surface area contributed by atoms with Gasteiger partial charge in [-0.25, -0.2) is 0 Å². The quantitative estimate of drug-likeness (QED) is 0.919. The molecule has 20 heavy (non-hydrogen) atoms. The van der Waals surface area contributed by atoms with Crippen LogP contribution in [0, 0.1) is 5.92 Å². The first-order valence-electron chi connectivity index (χ1n) is 7.18. The molecule has 2 fully saturated rings. The Kier molecular flexibility index (Phi) is 3.78. The normalized spacial score (nSPS) is 26.9. The number of alkyl halides is 2. The molecule has 1 heterocycles. The Balaban J connectivity index is 1.69. The molecule has 3 rings (SSSR count). The molecule has 1 aliphatic heterocycles. The summed E-state index contributed by atoms with van der Waals surface area (Å²) in [6.07, 6.45) is 2.64. The molecule has 3 nitrogen and oxygen atoms in total. The molecule has 0 bridgehead atoms. The predicted molar refractivity (Wildman–Crippen MR) is 74.4 cm³/mol. The number of piperazine rings is 1. The summed E-state index contributed by atoms with van der Waals surface area (Å²) in [6, 6.07) is 7.92. The van der Waals surface area contributed by atoms with Crippen LogP contribution in [-0.2, 0) is 0 Å². The molecule has 0 spiro atoms. The van der Waals surface area contributed by atoms with Crippen molar-refractivity contribution in [2.75, 3.05) is 18.0 Å². The van der Waals surface area contributed by atoms with Gasteiger partial charge in [0.15, 0.2) is 0 Å². The van der Waals surface area contributed by atoms with Crippen LogP contribution in [0.4, 0.5) is 14.5 Å². The van der Waals surface area contributed by atoms with Crippen molar-refractivity contribution in [3.8, 4) is 5.75 Å². The molecular weight excluding hydrogens is 262 g/mol. The van der Waals surface area contributed by atoms with Gasteiger partial charge >= 0.3 is 6.61 Å². The Bertz CT molecular complexity index is 448. The highest BCUT2D eigenvalue weighted by Crippen LogP contribution is 2.35. The molecule has 0 amide bonds. The van der Waals surface area contributed by atoms with E-state index in [1.165, 1.54) is 12.8 Å². The van der Waals surface area contributed by atoms with Crippen LogP contribution in [0.5, 0.6) is 5.75 Å². The van der Waals surface area contributed by atoms with E-state index in [2.05, 4.69) is 21.9 Å². The molecule has 1 aromatic rings. The van der Waals surface area contributed by atoms with Crippen molar-refractivity contribution < 1.29 is 13.5 Å². The molecule has 110 valence electrons. The maximum Gasteiger partial charge on any atom is 0.387 e. The van der Waals surface area contributed by atoms with E-state index in [4.69, 9.17) is 0 Å². The Morgan fingerprint density at radius 1 is 1.25 bits per heavy atom. The van der Waals surface area contributed by atoms with Crippen LogP contribution in [0.15, 0.2) is 24.3 Å². The number of ether oxygens (including phenoxy) is 1. The van der Waals surface area contributed by atoms with Gasteiger partial charge in [-0.2, -0.15) is 8.78 Å². The fourth-order valence-electron chi connectivity index (χ4n) is 2.88. The first-order valence-corrected chi connectivity index (χ1v) is 7.18. The largest absolute Gasteiger partial charge is 0.435 e. The molecule has 0 aromatic heterocycles. The highest BCUT2D eigenvalue weighted by Gasteiger charge is 2.36.